The van der Waals surface area contributed by atoms with Gasteiger partial charge >= 0.3 is 0 Å². The maximum absolute atomic E-state index is 5.97. The van der Waals surface area contributed by atoms with Crippen LogP contribution < -0.4 is 0 Å². The van der Waals surface area contributed by atoms with E-state index in [-0.39, 0.29) is 0 Å². The summed E-state index contributed by atoms with van der Waals surface area (Å²) in [5, 5.41) is 7.06. The number of halogens is 1. The molecule has 0 bridgehead atoms. The van der Waals surface area contributed by atoms with Gasteiger partial charge in [-0.1, -0.05) is 11.6 Å². The largest absolute Gasteiger partial charge is 0.237 e. The second-order valence-electron chi connectivity index (χ2n) is 4.08. The summed E-state index contributed by atoms with van der Waals surface area (Å²) >= 11 is 7.61. The molecule has 0 atom stereocenters. The number of nitrogens with zero attached hydrogens (tertiary/aromatic N) is 4. The number of hydrogen-bond donors (Lipinski definition) is 0. The SMILES string of the molecule is Clc1ccc2scc(-c3cc4ncccn4n3)c2n1. The fourth-order valence-electron chi connectivity index (χ4n) is 2.03. The van der Waals surface area contributed by atoms with E-state index in [0.29, 0.717) is 5.15 Å². The van der Waals surface area contributed by atoms with Crippen molar-refractivity contribution in [1.82, 2.24) is 19.6 Å². The highest BCUT2D eigenvalue weighted by molar-refractivity contribution is 7.17. The highest BCUT2D eigenvalue weighted by atomic mass is 35.5. The molecule has 0 amide bonds. The van der Waals surface area contributed by atoms with Crippen molar-refractivity contribution in [1.29, 1.82) is 0 Å². The molecule has 4 aromatic heterocycles. The van der Waals surface area contributed by atoms with Crippen LogP contribution in [-0.2, 0) is 0 Å². The van der Waals surface area contributed by atoms with Crippen molar-refractivity contribution in [3.63, 3.8) is 0 Å². The molecule has 0 radical (unpaired) electrons. The summed E-state index contributed by atoms with van der Waals surface area (Å²) in [5.41, 5.74) is 3.56. The molecule has 0 aliphatic carbocycles. The van der Waals surface area contributed by atoms with E-state index in [1.54, 1.807) is 28.1 Å². The molecule has 4 heterocycles. The molecule has 4 rings (SSSR count). The maximum Gasteiger partial charge on any atom is 0.155 e. The van der Waals surface area contributed by atoms with E-state index in [1.807, 2.05) is 24.4 Å². The Morgan fingerprint density at radius 2 is 2.21 bits per heavy atom. The van der Waals surface area contributed by atoms with Crippen molar-refractivity contribution >= 4 is 38.8 Å². The van der Waals surface area contributed by atoms with Crippen molar-refractivity contribution in [3.05, 3.63) is 47.2 Å². The minimum absolute atomic E-state index is 0.494. The third kappa shape index (κ3) is 1.70. The minimum atomic E-state index is 0.494. The molecule has 0 aliphatic rings. The van der Waals surface area contributed by atoms with Gasteiger partial charge in [0.1, 0.15) is 5.15 Å². The Morgan fingerprint density at radius 3 is 3.11 bits per heavy atom. The van der Waals surface area contributed by atoms with Crippen molar-refractivity contribution < 1.29 is 0 Å². The zero-order valence-electron chi connectivity index (χ0n) is 9.62. The van der Waals surface area contributed by atoms with E-state index in [0.717, 1.165) is 27.1 Å². The van der Waals surface area contributed by atoms with Gasteiger partial charge in [-0.25, -0.2) is 14.5 Å². The molecule has 0 N–H and O–H groups in total. The Hall–Kier alpha value is -1.98. The van der Waals surface area contributed by atoms with Gasteiger partial charge in [0.2, 0.25) is 0 Å². The minimum Gasteiger partial charge on any atom is -0.237 e. The summed E-state index contributed by atoms with van der Waals surface area (Å²) in [6.07, 6.45) is 3.63. The highest BCUT2D eigenvalue weighted by Crippen LogP contribution is 2.32. The van der Waals surface area contributed by atoms with Gasteiger partial charge in [0.25, 0.3) is 0 Å². The Labute approximate surface area is 117 Å². The molecular weight excluding hydrogens is 280 g/mol. The Bertz CT molecular complexity index is 863. The van der Waals surface area contributed by atoms with Gasteiger partial charge in [-0.05, 0) is 18.2 Å². The van der Waals surface area contributed by atoms with Crippen LogP contribution in [0.25, 0.3) is 27.1 Å². The zero-order valence-corrected chi connectivity index (χ0v) is 11.2. The van der Waals surface area contributed by atoms with Crippen LogP contribution in [-0.4, -0.2) is 19.6 Å². The number of fused-ring (bicyclic) bond motifs is 2. The molecule has 0 fully saturated rings. The molecule has 0 saturated carbocycles. The molecule has 19 heavy (non-hydrogen) atoms. The predicted molar refractivity (Wildman–Crippen MR) is 76.6 cm³/mol. The smallest absolute Gasteiger partial charge is 0.155 e. The average molecular weight is 287 g/mol. The summed E-state index contributed by atoms with van der Waals surface area (Å²) in [7, 11) is 0. The number of rotatable bonds is 1. The first kappa shape index (κ1) is 10.9. The van der Waals surface area contributed by atoms with Gasteiger partial charge in [-0.3, -0.25) is 0 Å². The van der Waals surface area contributed by atoms with Crippen LogP contribution in [0.1, 0.15) is 0 Å². The standard InChI is InChI=1S/C13H7ClN4S/c14-11-3-2-10-13(16-11)8(7-19-10)9-6-12-15-4-1-5-18(12)17-9/h1-7H. The van der Waals surface area contributed by atoms with E-state index in [9.17, 15) is 0 Å². The second kappa shape index (κ2) is 4.01. The summed E-state index contributed by atoms with van der Waals surface area (Å²) in [4.78, 5) is 8.66. The van der Waals surface area contributed by atoms with E-state index in [2.05, 4.69) is 20.4 Å². The molecule has 0 aromatic carbocycles. The number of aromatic nitrogens is 4. The van der Waals surface area contributed by atoms with Crippen LogP contribution in [0.2, 0.25) is 5.15 Å². The van der Waals surface area contributed by atoms with Gasteiger partial charge in [0, 0.05) is 29.4 Å². The van der Waals surface area contributed by atoms with Crippen molar-refractivity contribution in [2.45, 2.75) is 0 Å². The van der Waals surface area contributed by atoms with Gasteiger partial charge in [0.15, 0.2) is 5.65 Å². The molecule has 0 aliphatic heterocycles. The first-order valence-electron chi connectivity index (χ1n) is 5.66. The molecule has 0 saturated heterocycles. The van der Waals surface area contributed by atoms with E-state index in [1.165, 1.54) is 0 Å². The third-order valence-electron chi connectivity index (χ3n) is 2.90. The van der Waals surface area contributed by atoms with Crippen molar-refractivity contribution in [3.8, 4) is 11.3 Å². The lowest BCUT2D eigenvalue weighted by Gasteiger charge is -1.94. The Balaban J connectivity index is 2.00. The van der Waals surface area contributed by atoms with Gasteiger partial charge in [-0.2, -0.15) is 5.10 Å². The van der Waals surface area contributed by atoms with E-state index < -0.39 is 0 Å². The van der Waals surface area contributed by atoms with Crippen LogP contribution in [0, 0.1) is 0 Å². The summed E-state index contributed by atoms with van der Waals surface area (Å²) < 4.78 is 2.85. The van der Waals surface area contributed by atoms with Gasteiger partial charge in [-0.15, -0.1) is 11.3 Å². The first-order chi connectivity index (χ1) is 9.31. The Kier molecular flexibility index (Phi) is 2.30. The number of hydrogen-bond acceptors (Lipinski definition) is 4. The molecule has 4 nitrogen and oxygen atoms in total. The second-order valence-corrected chi connectivity index (χ2v) is 5.38. The van der Waals surface area contributed by atoms with Crippen LogP contribution >= 0.6 is 22.9 Å². The normalized spacial score (nSPS) is 11.4. The summed E-state index contributed by atoms with van der Waals surface area (Å²) in [6, 6.07) is 7.58. The van der Waals surface area contributed by atoms with E-state index >= 15 is 0 Å². The molecule has 6 heteroatoms. The summed E-state index contributed by atoms with van der Waals surface area (Å²) in [6.45, 7) is 0. The third-order valence-corrected chi connectivity index (χ3v) is 4.04. The Morgan fingerprint density at radius 1 is 1.26 bits per heavy atom. The average Bonchev–Trinajstić information content (AvgIpc) is 3.00. The van der Waals surface area contributed by atoms with Gasteiger partial charge in [0.05, 0.1) is 15.9 Å². The van der Waals surface area contributed by atoms with Crippen molar-refractivity contribution in [2.24, 2.45) is 0 Å². The number of thiophene rings is 1. The fraction of sp³-hybridized carbons (Fsp3) is 0. The van der Waals surface area contributed by atoms with Crippen LogP contribution in [0.15, 0.2) is 42.0 Å². The maximum atomic E-state index is 5.97. The zero-order chi connectivity index (χ0) is 12.8. The predicted octanol–water partition coefficient (Wildman–Crippen LogP) is 3.66. The fourth-order valence-corrected chi connectivity index (χ4v) is 3.07. The lowest BCUT2D eigenvalue weighted by Crippen LogP contribution is -1.87. The summed E-state index contributed by atoms with van der Waals surface area (Å²) in [5.74, 6) is 0. The molecule has 4 aromatic rings. The van der Waals surface area contributed by atoms with Crippen molar-refractivity contribution in [2.75, 3.05) is 0 Å². The molecule has 0 spiro atoms. The first-order valence-corrected chi connectivity index (χ1v) is 6.91. The number of pyridine rings is 1. The van der Waals surface area contributed by atoms with Gasteiger partial charge < -0.3 is 0 Å². The van der Waals surface area contributed by atoms with Crippen LogP contribution in [0.3, 0.4) is 0 Å². The quantitative estimate of drug-likeness (QED) is 0.502. The lowest BCUT2D eigenvalue weighted by molar-refractivity contribution is 0.944. The lowest BCUT2D eigenvalue weighted by atomic mass is 10.2. The molecule has 0 unspecified atom stereocenters. The van der Waals surface area contributed by atoms with E-state index in [4.69, 9.17) is 11.6 Å². The topological polar surface area (TPSA) is 43.1 Å². The highest BCUT2D eigenvalue weighted by Gasteiger charge is 2.12. The molecular formula is C13H7ClN4S. The van der Waals surface area contributed by atoms with Crippen LogP contribution in [0.5, 0.6) is 0 Å². The monoisotopic (exact) mass is 286 g/mol. The molecule has 92 valence electrons. The van der Waals surface area contributed by atoms with Crippen LogP contribution in [0.4, 0.5) is 0 Å².